The van der Waals surface area contributed by atoms with Gasteiger partial charge in [-0.1, -0.05) is 12.1 Å². The molecule has 12 heteroatoms. The number of aromatic nitrogens is 4. The first-order valence-corrected chi connectivity index (χ1v) is 11.5. The lowest BCUT2D eigenvalue weighted by molar-refractivity contribution is -0.137. The smallest absolute Gasteiger partial charge is 0.393 e. The molecule has 0 unspecified atom stereocenters. The van der Waals surface area contributed by atoms with E-state index in [1.54, 1.807) is 36.7 Å². The number of nitrogens with one attached hydrogen (secondary N) is 1. The number of nitrogen functional groups attached to an aromatic ring is 1. The van der Waals surface area contributed by atoms with Crippen molar-refractivity contribution in [2.75, 3.05) is 24.3 Å². The molecule has 0 spiro atoms. The minimum absolute atomic E-state index is 0.0475. The SMILES string of the molecule is Nc1nccn2c(C34COC(CO)(C3)C4)nc(-c3ccc(C(=O)Nc4cc(C(F)(F)F)ccn4)cc3)c12. The van der Waals surface area contributed by atoms with Crippen molar-refractivity contribution >= 4 is 23.1 Å². The van der Waals surface area contributed by atoms with E-state index in [1.807, 2.05) is 4.40 Å². The number of aliphatic hydroxyl groups is 1. The number of halogens is 3. The van der Waals surface area contributed by atoms with E-state index in [1.165, 1.54) is 0 Å². The highest BCUT2D eigenvalue weighted by atomic mass is 19.4. The van der Waals surface area contributed by atoms with Crippen molar-refractivity contribution < 1.29 is 27.8 Å². The van der Waals surface area contributed by atoms with Crippen molar-refractivity contribution in [3.05, 3.63) is 71.9 Å². The fourth-order valence-electron chi connectivity index (χ4n) is 5.34. The number of imidazole rings is 1. The van der Waals surface area contributed by atoms with E-state index in [9.17, 15) is 23.1 Å². The van der Waals surface area contributed by atoms with Crippen LogP contribution in [0.5, 0.6) is 0 Å². The molecule has 9 nitrogen and oxygen atoms in total. The van der Waals surface area contributed by atoms with Gasteiger partial charge in [-0.25, -0.2) is 15.0 Å². The number of pyridine rings is 1. The molecule has 2 saturated heterocycles. The molecule has 1 aromatic carbocycles. The van der Waals surface area contributed by atoms with Crippen molar-refractivity contribution in [2.24, 2.45) is 0 Å². The number of anilines is 2. The van der Waals surface area contributed by atoms with Crippen LogP contribution < -0.4 is 11.1 Å². The summed E-state index contributed by atoms with van der Waals surface area (Å²) < 4.78 is 46.6. The summed E-state index contributed by atoms with van der Waals surface area (Å²) in [6.07, 6.45) is 1.13. The number of carbonyl (C=O) groups is 1. The zero-order valence-electron chi connectivity index (χ0n) is 19.3. The van der Waals surface area contributed by atoms with E-state index in [-0.39, 0.29) is 29.2 Å². The van der Waals surface area contributed by atoms with Crippen LogP contribution in [-0.4, -0.2) is 49.2 Å². The molecule has 1 aliphatic carbocycles. The zero-order chi connectivity index (χ0) is 26.0. The molecule has 3 aromatic heterocycles. The van der Waals surface area contributed by atoms with Gasteiger partial charge in [-0.15, -0.1) is 0 Å². The average Bonchev–Trinajstić information content (AvgIpc) is 3.55. The number of alkyl halides is 3. The third-order valence-electron chi connectivity index (χ3n) is 7.07. The Labute approximate surface area is 208 Å². The Morgan fingerprint density at radius 2 is 1.92 bits per heavy atom. The first-order chi connectivity index (χ1) is 17.6. The second-order valence-corrected chi connectivity index (χ2v) is 9.54. The Kier molecular flexibility index (Phi) is 5.04. The van der Waals surface area contributed by atoms with Crippen LogP contribution in [0.3, 0.4) is 0 Å². The zero-order valence-corrected chi connectivity index (χ0v) is 19.3. The third kappa shape index (κ3) is 3.71. The quantitative estimate of drug-likeness (QED) is 0.375. The number of nitrogens with two attached hydrogens (primary N) is 1. The van der Waals surface area contributed by atoms with E-state index in [4.69, 9.17) is 15.5 Å². The van der Waals surface area contributed by atoms with E-state index < -0.39 is 23.2 Å². The number of ether oxygens (including phenoxy) is 1. The highest BCUT2D eigenvalue weighted by Gasteiger charge is 2.64. The highest BCUT2D eigenvalue weighted by molar-refractivity contribution is 6.04. The molecule has 0 radical (unpaired) electrons. The number of fused-ring (bicyclic) bond motifs is 2. The van der Waals surface area contributed by atoms with E-state index in [0.29, 0.717) is 36.2 Å². The Morgan fingerprint density at radius 3 is 2.59 bits per heavy atom. The predicted octanol–water partition coefficient (Wildman–Crippen LogP) is 3.44. The van der Waals surface area contributed by atoms with Gasteiger partial charge in [0.25, 0.3) is 5.91 Å². The van der Waals surface area contributed by atoms with Gasteiger partial charge in [0.1, 0.15) is 28.7 Å². The van der Waals surface area contributed by atoms with Crippen molar-refractivity contribution in [3.8, 4) is 11.3 Å². The molecule has 4 N–H and O–H groups in total. The second kappa shape index (κ2) is 7.98. The summed E-state index contributed by atoms with van der Waals surface area (Å²) >= 11 is 0. The van der Waals surface area contributed by atoms with E-state index in [0.717, 1.165) is 24.2 Å². The van der Waals surface area contributed by atoms with Gasteiger partial charge >= 0.3 is 6.18 Å². The lowest BCUT2D eigenvalue weighted by Crippen LogP contribution is -2.50. The first kappa shape index (κ1) is 23.4. The van der Waals surface area contributed by atoms with E-state index >= 15 is 0 Å². The Balaban J connectivity index is 1.30. The molecule has 1 amide bonds. The summed E-state index contributed by atoms with van der Waals surface area (Å²) in [6, 6.07) is 8.08. The summed E-state index contributed by atoms with van der Waals surface area (Å²) in [5, 5.41) is 12.1. The summed E-state index contributed by atoms with van der Waals surface area (Å²) in [5.41, 5.74) is 6.57. The van der Waals surface area contributed by atoms with Crippen LogP contribution in [0.1, 0.15) is 34.6 Å². The van der Waals surface area contributed by atoms with Crippen molar-refractivity contribution in [1.29, 1.82) is 0 Å². The summed E-state index contributed by atoms with van der Waals surface area (Å²) in [7, 11) is 0. The molecular formula is C25H21F3N6O3. The van der Waals surface area contributed by atoms with Gasteiger partial charge in [0.15, 0.2) is 0 Å². The van der Waals surface area contributed by atoms with Crippen LogP contribution in [-0.2, 0) is 16.3 Å². The van der Waals surface area contributed by atoms with E-state index in [2.05, 4.69) is 15.3 Å². The van der Waals surface area contributed by atoms with Gasteiger partial charge in [-0.2, -0.15) is 13.2 Å². The summed E-state index contributed by atoms with van der Waals surface area (Å²) in [5.74, 6) is 0.249. The van der Waals surface area contributed by atoms with Gasteiger partial charge in [0, 0.05) is 29.7 Å². The van der Waals surface area contributed by atoms with Crippen LogP contribution >= 0.6 is 0 Å². The number of nitrogens with zero attached hydrogens (tertiary/aromatic N) is 4. The van der Waals surface area contributed by atoms with Crippen molar-refractivity contribution in [2.45, 2.75) is 30.0 Å². The number of aliphatic hydroxyl groups excluding tert-OH is 1. The summed E-state index contributed by atoms with van der Waals surface area (Å²) in [6.45, 7) is 0.394. The maximum absolute atomic E-state index is 13.0. The van der Waals surface area contributed by atoms with Crippen LogP contribution in [0.4, 0.5) is 24.8 Å². The van der Waals surface area contributed by atoms with Crippen LogP contribution in [0.25, 0.3) is 16.8 Å². The molecule has 7 rings (SSSR count). The lowest BCUT2D eigenvalue weighted by atomic mass is 9.62. The number of carbonyl (C=O) groups excluding carboxylic acids is 1. The maximum atomic E-state index is 13.0. The molecule has 3 aliphatic rings. The molecule has 190 valence electrons. The summed E-state index contributed by atoms with van der Waals surface area (Å²) in [4.78, 5) is 25.6. The molecule has 2 bridgehead atoms. The van der Waals surface area contributed by atoms with Crippen LogP contribution in [0.15, 0.2) is 55.0 Å². The standard InChI is InChI=1S/C25H21F3N6O3/c26-25(27,28)16-5-6-30-17(9-16)32-21(36)15-3-1-14(2-4-15)18-19-20(29)31-7-8-34(19)22(33-18)23-10-24(11-23,12-35)37-13-23/h1-9,35H,10-13H2,(H2,29,31)(H,30,32,36). The Hall–Kier alpha value is -4.03. The molecule has 3 fully saturated rings. The van der Waals surface area contributed by atoms with Gasteiger partial charge < -0.3 is 20.9 Å². The lowest BCUT2D eigenvalue weighted by Gasteiger charge is -2.42. The minimum atomic E-state index is -4.55. The van der Waals surface area contributed by atoms with Crippen LogP contribution in [0, 0.1) is 0 Å². The number of benzene rings is 1. The molecule has 0 atom stereocenters. The first-order valence-electron chi connectivity index (χ1n) is 11.5. The predicted molar refractivity (Wildman–Crippen MR) is 127 cm³/mol. The number of rotatable bonds is 5. The Morgan fingerprint density at radius 1 is 1.16 bits per heavy atom. The molecule has 1 saturated carbocycles. The highest BCUT2D eigenvalue weighted by Crippen LogP contribution is 2.58. The van der Waals surface area contributed by atoms with Crippen LogP contribution in [0.2, 0.25) is 0 Å². The van der Waals surface area contributed by atoms with Gasteiger partial charge in [-0.3, -0.25) is 9.20 Å². The largest absolute Gasteiger partial charge is 0.416 e. The number of hydrogen-bond donors (Lipinski definition) is 3. The number of amides is 1. The maximum Gasteiger partial charge on any atom is 0.416 e. The fraction of sp³-hybridized carbons (Fsp3) is 0.280. The number of hydrogen-bond acceptors (Lipinski definition) is 7. The molecule has 2 aliphatic heterocycles. The van der Waals surface area contributed by atoms with Crippen molar-refractivity contribution in [3.63, 3.8) is 0 Å². The fourth-order valence-corrected chi connectivity index (χ4v) is 5.34. The molecule has 37 heavy (non-hydrogen) atoms. The van der Waals surface area contributed by atoms with Gasteiger partial charge in [0.2, 0.25) is 0 Å². The molecule has 5 heterocycles. The average molecular weight is 510 g/mol. The molecular weight excluding hydrogens is 489 g/mol. The normalized spacial score (nSPS) is 22.7. The Bertz CT molecular complexity index is 1530. The van der Waals surface area contributed by atoms with Crippen molar-refractivity contribution in [1.82, 2.24) is 19.4 Å². The minimum Gasteiger partial charge on any atom is -0.393 e. The third-order valence-corrected chi connectivity index (χ3v) is 7.07. The molecule has 4 aromatic rings. The van der Waals surface area contributed by atoms with Gasteiger partial charge in [0.05, 0.1) is 29.8 Å². The van der Waals surface area contributed by atoms with Gasteiger partial charge in [-0.05, 0) is 37.1 Å². The topological polar surface area (TPSA) is 128 Å². The monoisotopic (exact) mass is 510 g/mol. The second-order valence-electron chi connectivity index (χ2n) is 9.54.